The van der Waals surface area contributed by atoms with E-state index in [0.717, 1.165) is 4.47 Å². The first-order chi connectivity index (χ1) is 8.21. The Hall–Kier alpha value is -0.940. The minimum absolute atomic E-state index is 0.133. The van der Waals surface area contributed by atoms with Gasteiger partial charge in [-0.3, -0.25) is 4.79 Å². The van der Waals surface area contributed by atoms with Crippen LogP contribution in [0.25, 0.3) is 0 Å². The Morgan fingerprint density at radius 1 is 1.50 bits per heavy atom. The summed E-state index contributed by atoms with van der Waals surface area (Å²) in [6.07, 6.45) is 0. The van der Waals surface area contributed by atoms with Gasteiger partial charge in [-0.05, 0) is 23.6 Å². The highest BCUT2D eigenvalue weighted by Gasteiger charge is 2.27. The molecule has 1 aromatic carbocycles. The molecule has 100 valence electrons. The van der Waals surface area contributed by atoms with Crippen LogP contribution in [0.15, 0.2) is 22.7 Å². The number of carbonyl (C=O) groups excluding carboxylic acids is 1. The first-order valence-electron chi connectivity index (χ1n) is 5.69. The van der Waals surface area contributed by atoms with Gasteiger partial charge in [-0.2, -0.15) is 0 Å². The van der Waals surface area contributed by atoms with Crippen LogP contribution in [0.1, 0.15) is 26.3 Å². The van der Waals surface area contributed by atoms with Crippen LogP contribution < -0.4 is 11.1 Å². The second-order valence-corrected chi connectivity index (χ2v) is 6.21. The van der Waals surface area contributed by atoms with Crippen molar-refractivity contribution in [2.45, 2.75) is 33.4 Å². The molecule has 3 nitrogen and oxygen atoms in total. The lowest BCUT2D eigenvalue weighted by atomic mass is 9.87. The van der Waals surface area contributed by atoms with Gasteiger partial charge in [0.2, 0.25) is 5.91 Å². The van der Waals surface area contributed by atoms with Gasteiger partial charge in [-0.25, -0.2) is 4.39 Å². The standard InChI is InChI=1S/C13H18BrFN2O/c1-13(2,3)11(16)12(18)17-7-8-6-9(14)4-5-10(8)15/h4-6,11H,7,16H2,1-3H3,(H,17,18). The number of nitrogens with two attached hydrogens (primary N) is 1. The fourth-order valence-electron chi connectivity index (χ4n) is 1.36. The van der Waals surface area contributed by atoms with E-state index < -0.39 is 6.04 Å². The molecule has 3 N–H and O–H groups in total. The predicted octanol–water partition coefficient (Wildman–Crippen LogP) is 2.58. The summed E-state index contributed by atoms with van der Waals surface area (Å²) in [5, 5.41) is 2.65. The molecule has 1 unspecified atom stereocenters. The van der Waals surface area contributed by atoms with Crippen LogP contribution in [0.4, 0.5) is 4.39 Å². The number of carbonyl (C=O) groups is 1. The Balaban J connectivity index is 2.66. The molecule has 1 rings (SSSR count). The number of benzene rings is 1. The van der Waals surface area contributed by atoms with E-state index in [0.29, 0.717) is 5.56 Å². The van der Waals surface area contributed by atoms with E-state index in [1.54, 1.807) is 12.1 Å². The van der Waals surface area contributed by atoms with Gasteiger partial charge in [-0.15, -0.1) is 0 Å². The van der Waals surface area contributed by atoms with Gasteiger partial charge in [0.15, 0.2) is 0 Å². The molecule has 0 spiro atoms. The molecule has 0 saturated carbocycles. The van der Waals surface area contributed by atoms with Crippen LogP contribution in [0, 0.1) is 11.2 Å². The molecule has 1 atom stereocenters. The molecule has 0 radical (unpaired) electrons. The smallest absolute Gasteiger partial charge is 0.237 e. The van der Waals surface area contributed by atoms with Gasteiger partial charge in [0.1, 0.15) is 5.82 Å². The number of halogens is 2. The van der Waals surface area contributed by atoms with Gasteiger partial charge in [-0.1, -0.05) is 36.7 Å². The van der Waals surface area contributed by atoms with Crippen LogP contribution in [0.3, 0.4) is 0 Å². The summed E-state index contributed by atoms with van der Waals surface area (Å²) in [5.41, 5.74) is 5.92. The normalized spacial score (nSPS) is 13.2. The maximum absolute atomic E-state index is 13.5. The quantitative estimate of drug-likeness (QED) is 0.900. The molecule has 0 fully saturated rings. The number of nitrogens with one attached hydrogen (secondary N) is 1. The average molecular weight is 317 g/mol. The van der Waals surface area contributed by atoms with E-state index >= 15 is 0 Å². The second-order valence-electron chi connectivity index (χ2n) is 5.30. The van der Waals surface area contributed by atoms with Gasteiger partial charge in [0, 0.05) is 16.6 Å². The molecule has 0 saturated heterocycles. The van der Waals surface area contributed by atoms with Crippen molar-refractivity contribution < 1.29 is 9.18 Å². The molecule has 0 aliphatic carbocycles. The topological polar surface area (TPSA) is 55.1 Å². The van der Waals surface area contributed by atoms with Crippen LogP contribution in [-0.4, -0.2) is 11.9 Å². The fraction of sp³-hybridized carbons (Fsp3) is 0.462. The largest absolute Gasteiger partial charge is 0.351 e. The van der Waals surface area contributed by atoms with E-state index in [-0.39, 0.29) is 23.7 Å². The van der Waals surface area contributed by atoms with E-state index in [1.165, 1.54) is 6.07 Å². The van der Waals surface area contributed by atoms with Crippen molar-refractivity contribution in [3.63, 3.8) is 0 Å². The number of hydrogen-bond acceptors (Lipinski definition) is 2. The third-order valence-corrected chi connectivity index (χ3v) is 3.17. The van der Waals surface area contributed by atoms with E-state index in [1.807, 2.05) is 20.8 Å². The summed E-state index contributed by atoms with van der Waals surface area (Å²) in [4.78, 5) is 11.8. The molecule has 18 heavy (non-hydrogen) atoms. The molecular formula is C13H18BrFN2O. The Morgan fingerprint density at radius 2 is 2.11 bits per heavy atom. The highest BCUT2D eigenvalue weighted by molar-refractivity contribution is 9.10. The molecular weight excluding hydrogens is 299 g/mol. The molecule has 0 aliphatic heterocycles. The Kier molecular flexibility index (Phi) is 4.87. The first kappa shape index (κ1) is 15.1. The van der Waals surface area contributed by atoms with Crippen molar-refractivity contribution in [3.05, 3.63) is 34.1 Å². The lowest BCUT2D eigenvalue weighted by Gasteiger charge is -2.25. The van der Waals surface area contributed by atoms with Crippen molar-refractivity contribution >= 4 is 21.8 Å². The number of hydrogen-bond donors (Lipinski definition) is 2. The zero-order valence-electron chi connectivity index (χ0n) is 10.8. The SMILES string of the molecule is CC(C)(C)C(N)C(=O)NCc1cc(Br)ccc1F. The minimum Gasteiger partial charge on any atom is -0.351 e. The molecule has 1 aromatic rings. The molecule has 1 amide bonds. The maximum Gasteiger partial charge on any atom is 0.237 e. The van der Waals surface area contributed by atoms with E-state index in [4.69, 9.17) is 5.73 Å². The molecule has 0 aliphatic rings. The zero-order chi connectivity index (χ0) is 13.9. The van der Waals surface area contributed by atoms with Gasteiger partial charge in [0.25, 0.3) is 0 Å². The van der Waals surface area contributed by atoms with Crippen molar-refractivity contribution in [1.29, 1.82) is 0 Å². The second kappa shape index (κ2) is 5.80. The monoisotopic (exact) mass is 316 g/mol. The van der Waals surface area contributed by atoms with Gasteiger partial charge >= 0.3 is 0 Å². The fourth-order valence-corrected chi connectivity index (χ4v) is 1.77. The van der Waals surface area contributed by atoms with Crippen molar-refractivity contribution in [1.82, 2.24) is 5.32 Å². The zero-order valence-corrected chi connectivity index (χ0v) is 12.3. The maximum atomic E-state index is 13.5. The lowest BCUT2D eigenvalue weighted by molar-refractivity contribution is -0.124. The first-order valence-corrected chi connectivity index (χ1v) is 6.48. The van der Waals surface area contributed by atoms with Crippen LogP contribution in [0.5, 0.6) is 0 Å². The van der Waals surface area contributed by atoms with E-state index in [9.17, 15) is 9.18 Å². The summed E-state index contributed by atoms with van der Waals surface area (Å²) >= 11 is 3.26. The van der Waals surface area contributed by atoms with Crippen molar-refractivity contribution in [2.75, 3.05) is 0 Å². The number of rotatable bonds is 3. The van der Waals surface area contributed by atoms with Crippen LogP contribution >= 0.6 is 15.9 Å². The molecule has 0 aromatic heterocycles. The van der Waals surface area contributed by atoms with Crippen molar-refractivity contribution in [3.8, 4) is 0 Å². The summed E-state index contributed by atoms with van der Waals surface area (Å²) in [6, 6.07) is 3.99. The third-order valence-electron chi connectivity index (χ3n) is 2.68. The molecule has 5 heteroatoms. The molecule has 0 bridgehead atoms. The highest BCUT2D eigenvalue weighted by atomic mass is 79.9. The van der Waals surface area contributed by atoms with Crippen LogP contribution in [-0.2, 0) is 11.3 Å². The van der Waals surface area contributed by atoms with Crippen molar-refractivity contribution in [2.24, 2.45) is 11.1 Å². The minimum atomic E-state index is -0.618. The third kappa shape index (κ3) is 4.07. The average Bonchev–Trinajstić information content (AvgIpc) is 2.27. The van der Waals surface area contributed by atoms with Gasteiger partial charge in [0.05, 0.1) is 6.04 Å². The highest BCUT2D eigenvalue weighted by Crippen LogP contribution is 2.18. The summed E-state index contributed by atoms with van der Waals surface area (Å²) < 4.78 is 14.2. The Morgan fingerprint density at radius 3 is 2.67 bits per heavy atom. The Bertz CT molecular complexity index is 443. The summed E-state index contributed by atoms with van der Waals surface area (Å²) in [6.45, 7) is 5.79. The van der Waals surface area contributed by atoms with Crippen LogP contribution in [0.2, 0.25) is 0 Å². The summed E-state index contributed by atoms with van der Waals surface area (Å²) in [5.74, 6) is -0.621. The lowest BCUT2D eigenvalue weighted by Crippen LogP contribution is -2.48. The summed E-state index contributed by atoms with van der Waals surface area (Å²) in [7, 11) is 0. The Labute approximate surface area is 115 Å². The predicted molar refractivity (Wildman–Crippen MR) is 73.4 cm³/mol. The van der Waals surface area contributed by atoms with Gasteiger partial charge < -0.3 is 11.1 Å². The number of amides is 1. The van der Waals surface area contributed by atoms with E-state index in [2.05, 4.69) is 21.2 Å². The molecule has 0 heterocycles.